The van der Waals surface area contributed by atoms with E-state index in [9.17, 15) is 0 Å². The van der Waals surface area contributed by atoms with Crippen molar-refractivity contribution in [3.8, 4) is 5.75 Å². The van der Waals surface area contributed by atoms with Gasteiger partial charge in [0.1, 0.15) is 11.5 Å². The van der Waals surface area contributed by atoms with Gasteiger partial charge in [-0.2, -0.15) is 0 Å². The molecule has 0 saturated carbocycles. The van der Waals surface area contributed by atoms with E-state index in [-0.39, 0.29) is 6.04 Å². The first-order valence-corrected chi connectivity index (χ1v) is 8.04. The molecule has 3 nitrogen and oxygen atoms in total. The van der Waals surface area contributed by atoms with Crippen molar-refractivity contribution in [2.75, 3.05) is 13.7 Å². The van der Waals surface area contributed by atoms with Gasteiger partial charge in [0.2, 0.25) is 0 Å². The van der Waals surface area contributed by atoms with Crippen molar-refractivity contribution >= 4 is 15.9 Å². The van der Waals surface area contributed by atoms with Gasteiger partial charge in [-0.1, -0.05) is 22.9 Å². The van der Waals surface area contributed by atoms with Gasteiger partial charge in [-0.25, -0.2) is 0 Å². The van der Waals surface area contributed by atoms with Crippen LogP contribution in [0.25, 0.3) is 0 Å². The van der Waals surface area contributed by atoms with Crippen LogP contribution in [0.4, 0.5) is 0 Å². The molecule has 2 rings (SSSR count). The van der Waals surface area contributed by atoms with Gasteiger partial charge in [0.25, 0.3) is 0 Å². The second kappa shape index (κ2) is 7.66. The Morgan fingerprint density at radius 1 is 1.33 bits per heavy atom. The Bertz CT molecular complexity index is 580. The third-order valence-corrected chi connectivity index (χ3v) is 4.37. The number of hydrogen-bond acceptors (Lipinski definition) is 3. The average molecular weight is 352 g/mol. The van der Waals surface area contributed by atoms with E-state index < -0.39 is 0 Å². The number of ether oxygens (including phenoxy) is 1. The van der Waals surface area contributed by atoms with Gasteiger partial charge in [0, 0.05) is 16.1 Å². The summed E-state index contributed by atoms with van der Waals surface area (Å²) in [6.45, 7) is 5.17. The molecule has 0 spiro atoms. The number of rotatable bonds is 7. The molecule has 0 amide bonds. The summed E-state index contributed by atoms with van der Waals surface area (Å²) in [7, 11) is 1.69. The Kier molecular flexibility index (Phi) is 5.88. The maximum absolute atomic E-state index is 5.46. The molecule has 0 aliphatic heterocycles. The summed E-state index contributed by atoms with van der Waals surface area (Å²) >= 11 is 3.63. The van der Waals surface area contributed by atoms with E-state index in [0.717, 1.165) is 35.4 Å². The van der Waals surface area contributed by atoms with E-state index in [1.807, 2.05) is 19.1 Å². The molecule has 0 aliphatic rings. The Labute approximate surface area is 134 Å². The highest BCUT2D eigenvalue weighted by Gasteiger charge is 2.17. The lowest BCUT2D eigenvalue weighted by molar-refractivity contribution is 0.413. The van der Waals surface area contributed by atoms with Crippen LogP contribution in [0.5, 0.6) is 5.75 Å². The highest BCUT2D eigenvalue weighted by atomic mass is 79.9. The van der Waals surface area contributed by atoms with Gasteiger partial charge in [0.05, 0.1) is 13.4 Å². The lowest BCUT2D eigenvalue weighted by Crippen LogP contribution is -2.24. The van der Waals surface area contributed by atoms with Crippen molar-refractivity contribution < 1.29 is 9.15 Å². The van der Waals surface area contributed by atoms with Crippen LogP contribution < -0.4 is 10.1 Å². The smallest absolute Gasteiger partial charge is 0.119 e. The first kappa shape index (κ1) is 16.1. The number of benzene rings is 1. The Balaban J connectivity index is 2.24. The molecule has 1 aromatic heterocycles. The second-order valence-corrected chi connectivity index (χ2v) is 5.95. The van der Waals surface area contributed by atoms with Crippen LogP contribution in [0.3, 0.4) is 0 Å². The maximum Gasteiger partial charge on any atom is 0.119 e. The molecule has 4 heteroatoms. The van der Waals surface area contributed by atoms with Gasteiger partial charge < -0.3 is 14.5 Å². The minimum absolute atomic E-state index is 0.243. The minimum Gasteiger partial charge on any atom is -0.497 e. The molecule has 21 heavy (non-hydrogen) atoms. The number of aryl methyl sites for hydroxylation is 1. The zero-order valence-corrected chi connectivity index (χ0v) is 14.4. The van der Waals surface area contributed by atoms with Crippen LogP contribution in [-0.2, 0) is 6.42 Å². The predicted octanol–water partition coefficient (Wildman–Crippen LogP) is 4.64. The van der Waals surface area contributed by atoms with Gasteiger partial charge in [-0.15, -0.1) is 0 Å². The Hall–Kier alpha value is -1.26. The summed E-state index contributed by atoms with van der Waals surface area (Å²) in [5.41, 5.74) is 2.45. The summed E-state index contributed by atoms with van der Waals surface area (Å²) in [6, 6.07) is 8.38. The molecule has 0 aliphatic carbocycles. The van der Waals surface area contributed by atoms with Crippen molar-refractivity contribution in [1.29, 1.82) is 0 Å². The molecule has 0 radical (unpaired) electrons. The quantitative estimate of drug-likeness (QED) is 0.788. The topological polar surface area (TPSA) is 34.4 Å². The zero-order chi connectivity index (χ0) is 15.2. The fraction of sp³-hybridized carbons (Fsp3) is 0.412. The lowest BCUT2D eigenvalue weighted by atomic mass is 9.99. The van der Waals surface area contributed by atoms with Gasteiger partial charge in [-0.05, 0) is 56.1 Å². The van der Waals surface area contributed by atoms with Crippen molar-refractivity contribution in [3.05, 3.63) is 51.9 Å². The maximum atomic E-state index is 5.46. The van der Waals surface area contributed by atoms with E-state index in [1.165, 1.54) is 11.1 Å². The largest absolute Gasteiger partial charge is 0.497 e. The van der Waals surface area contributed by atoms with Crippen LogP contribution in [0.2, 0.25) is 0 Å². The monoisotopic (exact) mass is 351 g/mol. The van der Waals surface area contributed by atoms with Crippen molar-refractivity contribution in [1.82, 2.24) is 5.32 Å². The fourth-order valence-corrected chi connectivity index (χ4v) is 2.83. The first-order chi connectivity index (χ1) is 10.2. The molecule has 2 aromatic rings. The molecule has 1 unspecified atom stereocenters. The molecule has 0 saturated heterocycles. The van der Waals surface area contributed by atoms with E-state index in [1.54, 1.807) is 13.4 Å². The van der Waals surface area contributed by atoms with Gasteiger partial charge in [0.15, 0.2) is 0 Å². The molecule has 1 N–H and O–H groups in total. The van der Waals surface area contributed by atoms with Gasteiger partial charge in [-0.3, -0.25) is 0 Å². The molecule has 1 atom stereocenters. The van der Waals surface area contributed by atoms with Crippen molar-refractivity contribution in [2.45, 2.75) is 32.7 Å². The zero-order valence-electron chi connectivity index (χ0n) is 12.8. The van der Waals surface area contributed by atoms with Gasteiger partial charge >= 0.3 is 0 Å². The standard InChI is InChI=1S/C17H22BrNO2/c1-4-8-19-17(15-7-9-21-12(15)2)11-13-10-14(20-3)5-6-16(13)18/h5-7,9-10,17,19H,4,8,11H2,1-3H3. The predicted molar refractivity (Wildman–Crippen MR) is 88.9 cm³/mol. The minimum atomic E-state index is 0.243. The fourth-order valence-electron chi connectivity index (χ4n) is 2.42. The lowest BCUT2D eigenvalue weighted by Gasteiger charge is -2.19. The number of hydrogen-bond donors (Lipinski definition) is 1. The molecule has 1 aromatic carbocycles. The molecule has 1 heterocycles. The molecule has 0 bridgehead atoms. The summed E-state index contributed by atoms with van der Waals surface area (Å²) in [4.78, 5) is 0. The van der Waals surface area contributed by atoms with Crippen LogP contribution in [0.1, 0.15) is 36.3 Å². The summed E-state index contributed by atoms with van der Waals surface area (Å²) in [5.74, 6) is 1.86. The van der Waals surface area contributed by atoms with E-state index in [2.05, 4.69) is 40.3 Å². The number of nitrogens with one attached hydrogen (secondary N) is 1. The Morgan fingerprint density at radius 3 is 2.76 bits per heavy atom. The summed E-state index contributed by atoms with van der Waals surface area (Å²) in [5, 5.41) is 3.60. The summed E-state index contributed by atoms with van der Waals surface area (Å²) in [6.07, 6.45) is 3.75. The SMILES string of the molecule is CCCNC(Cc1cc(OC)ccc1Br)c1ccoc1C. The van der Waals surface area contributed by atoms with E-state index in [4.69, 9.17) is 9.15 Å². The number of furan rings is 1. The van der Waals surface area contributed by atoms with Crippen LogP contribution in [-0.4, -0.2) is 13.7 Å². The molecule has 114 valence electrons. The van der Waals surface area contributed by atoms with Crippen LogP contribution in [0.15, 0.2) is 39.4 Å². The average Bonchev–Trinajstić information content (AvgIpc) is 2.91. The van der Waals surface area contributed by atoms with Crippen molar-refractivity contribution in [3.63, 3.8) is 0 Å². The normalized spacial score (nSPS) is 12.4. The number of halogens is 1. The van der Waals surface area contributed by atoms with Crippen molar-refractivity contribution in [2.24, 2.45) is 0 Å². The number of methoxy groups -OCH3 is 1. The highest BCUT2D eigenvalue weighted by molar-refractivity contribution is 9.10. The third-order valence-electron chi connectivity index (χ3n) is 3.59. The molecular weight excluding hydrogens is 330 g/mol. The van der Waals surface area contributed by atoms with E-state index in [0.29, 0.717) is 0 Å². The molecular formula is C17H22BrNO2. The summed E-state index contributed by atoms with van der Waals surface area (Å²) < 4.78 is 11.9. The highest BCUT2D eigenvalue weighted by Crippen LogP contribution is 2.29. The van der Waals surface area contributed by atoms with Crippen LogP contribution >= 0.6 is 15.9 Å². The second-order valence-electron chi connectivity index (χ2n) is 5.10. The first-order valence-electron chi connectivity index (χ1n) is 7.25. The van der Waals surface area contributed by atoms with E-state index >= 15 is 0 Å². The van der Waals surface area contributed by atoms with Crippen LogP contribution in [0, 0.1) is 6.92 Å². The molecule has 0 fully saturated rings. The third kappa shape index (κ3) is 4.11. The Morgan fingerprint density at radius 2 is 2.14 bits per heavy atom.